The number of aromatic amines is 1. The third-order valence-corrected chi connectivity index (χ3v) is 8.38. The molecule has 1 saturated heterocycles. The predicted molar refractivity (Wildman–Crippen MR) is 148 cm³/mol. The molecule has 2 aliphatic rings. The second kappa shape index (κ2) is 11.4. The lowest BCUT2D eigenvalue weighted by Crippen LogP contribution is -2.46. The van der Waals surface area contributed by atoms with Crippen LogP contribution in [-0.4, -0.2) is 61.8 Å². The van der Waals surface area contributed by atoms with Crippen LogP contribution in [0.3, 0.4) is 0 Å². The number of ether oxygens (including phenoxy) is 1. The number of imidazole rings is 2. The van der Waals surface area contributed by atoms with E-state index in [9.17, 15) is 18.4 Å². The van der Waals surface area contributed by atoms with Gasteiger partial charge < -0.3 is 19.5 Å². The fourth-order valence-corrected chi connectivity index (χ4v) is 6.25. The molecule has 3 aromatic heterocycles. The summed E-state index contributed by atoms with van der Waals surface area (Å²) in [6.45, 7) is 1.91. The maximum absolute atomic E-state index is 14.8. The fourth-order valence-electron chi connectivity index (χ4n) is 6.25. The standard InChI is InChI=1S/C29H33F2N7O3/c1-41-15-11-20-16-33-27-23(8-7-18(17-37(20)27)21-4-2-5-22(30)25(21)31)34-28(39)36-13-9-19(10-14-36)38-24-6-3-12-32-26(24)35-29(38)40/h2-6,12,16,18-19,23H,7-11,13-15,17H2,1H3,(H,34,39)(H,32,35,40)/t18-,23-/m1/s1. The minimum Gasteiger partial charge on any atom is -0.384 e. The first-order valence-corrected chi connectivity index (χ1v) is 14.0. The van der Waals surface area contributed by atoms with Gasteiger partial charge in [-0.15, -0.1) is 0 Å². The number of hydrogen-bond acceptors (Lipinski definition) is 5. The van der Waals surface area contributed by atoms with Crippen molar-refractivity contribution in [2.45, 2.75) is 56.7 Å². The predicted octanol–water partition coefficient (Wildman–Crippen LogP) is 4.05. The third kappa shape index (κ3) is 5.23. The van der Waals surface area contributed by atoms with Crippen LogP contribution in [0.4, 0.5) is 13.6 Å². The van der Waals surface area contributed by atoms with Crippen LogP contribution in [0.2, 0.25) is 0 Å². The summed E-state index contributed by atoms with van der Waals surface area (Å²) >= 11 is 0. The Labute approximate surface area is 235 Å². The number of hydrogen-bond donors (Lipinski definition) is 2. The highest BCUT2D eigenvalue weighted by molar-refractivity contribution is 5.75. The van der Waals surface area contributed by atoms with Crippen LogP contribution in [0.25, 0.3) is 11.2 Å². The number of urea groups is 1. The summed E-state index contributed by atoms with van der Waals surface area (Å²) in [6.07, 6.45) is 6.38. The van der Waals surface area contributed by atoms with Gasteiger partial charge in [0.1, 0.15) is 5.82 Å². The SMILES string of the molecule is COCCc1cnc2n1C[C@H](c1cccc(F)c1F)CC[C@H]2NC(=O)N1CCC(n2c(=O)[nH]c3ncccc32)CC1. The largest absolute Gasteiger partial charge is 0.384 e. The molecule has 2 atom stereocenters. The zero-order valence-corrected chi connectivity index (χ0v) is 22.9. The van der Waals surface area contributed by atoms with E-state index < -0.39 is 11.6 Å². The van der Waals surface area contributed by atoms with Gasteiger partial charge in [0.25, 0.3) is 0 Å². The van der Waals surface area contributed by atoms with Crippen LogP contribution in [0.1, 0.15) is 60.8 Å². The third-order valence-electron chi connectivity index (χ3n) is 8.38. The number of methoxy groups -OCH3 is 1. The van der Waals surface area contributed by atoms with E-state index in [0.29, 0.717) is 75.4 Å². The van der Waals surface area contributed by atoms with Crippen LogP contribution in [0.5, 0.6) is 0 Å². The maximum Gasteiger partial charge on any atom is 0.327 e. The minimum absolute atomic E-state index is 0.0356. The highest BCUT2D eigenvalue weighted by atomic mass is 19.2. The summed E-state index contributed by atoms with van der Waals surface area (Å²) in [7, 11) is 1.63. The zero-order valence-electron chi connectivity index (χ0n) is 22.9. The van der Waals surface area contributed by atoms with Crippen LogP contribution < -0.4 is 11.0 Å². The van der Waals surface area contributed by atoms with Gasteiger partial charge in [0, 0.05) is 63.2 Å². The first kappa shape index (κ1) is 27.1. The number of rotatable bonds is 6. The molecule has 216 valence electrons. The van der Waals surface area contributed by atoms with Crippen molar-refractivity contribution in [3.63, 3.8) is 0 Å². The number of likely N-dealkylation sites (tertiary alicyclic amines) is 1. The minimum atomic E-state index is -0.864. The number of fused-ring (bicyclic) bond motifs is 2. The van der Waals surface area contributed by atoms with E-state index in [1.54, 1.807) is 41.1 Å². The van der Waals surface area contributed by atoms with Crippen LogP contribution >= 0.6 is 0 Å². The number of carbonyl (C=O) groups excluding carboxylic acids is 1. The van der Waals surface area contributed by atoms with Gasteiger partial charge in [-0.05, 0) is 49.4 Å². The Hall–Kier alpha value is -4.06. The molecule has 12 heteroatoms. The molecule has 2 amide bonds. The molecule has 0 bridgehead atoms. The number of pyridine rings is 1. The first-order valence-electron chi connectivity index (χ1n) is 14.0. The Morgan fingerprint density at radius 2 is 1.95 bits per heavy atom. The van der Waals surface area contributed by atoms with Crippen molar-refractivity contribution < 1.29 is 18.3 Å². The number of carbonyl (C=O) groups is 1. The van der Waals surface area contributed by atoms with E-state index in [1.165, 1.54) is 6.07 Å². The van der Waals surface area contributed by atoms with Gasteiger partial charge in [0.15, 0.2) is 17.3 Å². The quantitative estimate of drug-likeness (QED) is 0.367. The number of halogens is 2. The molecule has 41 heavy (non-hydrogen) atoms. The molecule has 0 aliphatic carbocycles. The molecule has 0 spiro atoms. The van der Waals surface area contributed by atoms with Crippen molar-refractivity contribution in [1.82, 2.24) is 34.3 Å². The molecule has 2 N–H and O–H groups in total. The second-order valence-electron chi connectivity index (χ2n) is 10.8. The molecule has 0 radical (unpaired) electrons. The van der Waals surface area contributed by atoms with E-state index in [1.807, 2.05) is 10.6 Å². The van der Waals surface area contributed by atoms with Gasteiger partial charge in [-0.2, -0.15) is 0 Å². The summed E-state index contributed by atoms with van der Waals surface area (Å²) in [4.78, 5) is 39.5. The van der Waals surface area contributed by atoms with Gasteiger partial charge in [0.05, 0.1) is 18.2 Å². The molecule has 1 fully saturated rings. The van der Waals surface area contributed by atoms with Crippen LogP contribution in [-0.2, 0) is 17.7 Å². The van der Waals surface area contributed by atoms with Crippen LogP contribution in [0, 0.1) is 11.6 Å². The van der Waals surface area contributed by atoms with Crippen LogP contribution in [0.15, 0.2) is 47.5 Å². The first-order chi connectivity index (χ1) is 19.9. The topological polar surface area (TPSA) is 110 Å². The molecular formula is C29H33F2N7O3. The Balaban J connectivity index is 1.18. The van der Waals surface area contributed by atoms with Crippen molar-refractivity contribution in [3.8, 4) is 0 Å². The highest BCUT2D eigenvalue weighted by Crippen LogP contribution is 2.35. The van der Waals surface area contributed by atoms with Gasteiger partial charge in [0.2, 0.25) is 0 Å². The molecular weight excluding hydrogens is 532 g/mol. The lowest BCUT2D eigenvalue weighted by Gasteiger charge is -2.33. The van der Waals surface area contributed by atoms with E-state index in [0.717, 1.165) is 17.3 Å². The molecule has 2 aliphatic heterocycles. The van der Waals surface area contributed by atoms with Crippen molar-refractivity contribution in [1.29, 1.82) is 0 Å². The van der Waals surface area contributed by atoms with E-state index in [2.05, 4.69) is 20.3 Å². The lowest BCUT2D eigenvalue weighted by molar-refractivity contribution is 0.167. The maximum atomic E-state index is 14.8. The monoisotopic (exact) mass is 565 g/mol. The molecule has 0 saturated carbocycles. The van der Waals surface area contributed by atoms with E-state index in [4.69, 9.17) is 4.74 Å². The van der Waals surface area contributed by atoms with Crippen molar-refractivity contribution in [3.05, 3.63) is 81.9 Å². The summed E-state index contributed by atoms with van der Waals surface area (Å²) in [5.74, 6) is -1.26. The number of benzene rings is 1. The number of nitrogens with one attached hydrogen (secondary N) is 2. The van der Waals surface area contributed by atoms with E-state index in [-0.39, 0.29) is 29.7 Å². The molecule has 6 rings (SSSR count). The average Bonchev–Trinajstić information content (AvgIpc) is 3.48. The smallest absolute Gasteiger partial charge is 0.327 e. The van der Waals surface area contributed by atoms with Crippen molar-refractivity contribution in [2.24, 2.45) is 0 Å². The average molecular weight is 566 g/mol. The number of nitrogens with zero attached hydrogens (tertiary/aromatic N) is 5. The Morgan fingerprint density at radius 3 is 2.76 bits per heavy atom. The fraction of sp³-hybridized carbons (Fsp3) is 0.448. The number of piperidine rings is 1. The summed E-state index contributed by atoms with van der Waals surface area (Å²) in [6, 6.07) is 7.34. The van der Waals surface area contributed by atoms with Crippen molar-refractivity contribution >= 4 is 17.2 Å². The Kier molecular flexibility index (Phi) is 7.57. The van der Waals surface area contributed by atoms with Crippen molar-refractivity contribution in [2.75, 3.05) is 26.8 Å². The molecule has 5 heterocycles. The normalized spacial score (nSPS) is 19.7. The van der Waals surface area contributed by atoms with Gasteiger partial charge in [-0.25, -0.2) is 28.3 Å². The van der Waals surface area contributed by atoms with Gasteiger partial charge in [-0.3, -0.25) is 9.55 Å². The summed E-state index contributed by atoms with van der Waals surface area (Å²) < 4.78 is 37.9. The number of H-pyrrole nitrogens is 1. The van der Waals surface area contributed by atoms with E-state index >= 15 is 0 Å². The second-order valence-corrected chi connectivity index (χ2v) is 10.8. The highest BCUT2D eigenvalue weighted by Gasteiger charge is 2.32. The Morgan fingerprint density at radius 1 is 1.12 bits per heavy atom. The van der Waals surface area contributed by atoms with Gasteiger partial charge >= 0.3 is 11.7 Å². The zero-order chi connectivity index (χ0) is 28.5. The number of amides is 2. The molecule has 0 unspecified atom stereocenters. The lowest BCUT2D eigenvalue weighted by atomic mass is 9.92. The van der Waals surface area contributed by atoms with Gasteiger partial charge in [-0.1, -0.05) is 12.1 Å². The molecule has 1 aromatic carbocycles. The summed E-state index contributed by atoms with van der Waals surface area (Å²) in [5, 5.41) is 3.16. The molecule has 10 nitrogen and oxygen atoms in total. The Bertz CT molecular complexity index is 1610. The molecule has 4 aromatic rings. The summed E-state index contributed by atoms with van der Waals surface area (Å²) in [5.41, 5.74) is 2.38. The number of aromatic nitrogens is 5.